The van der Waals surface area contributed by atoms with Crippen LogP contribution in [0.1, 0.15) is 38.5 Å². The summed E-state index contributed by atoms with van der Waals surface area (Å²) in [6.07, 6.45) is -0.0447. The topological polar surface area (TPSA) is 258 Å². The first kappa shape index (κ1) is 31.2. The molecule has 0 saturated heterocycles. The molecule has 1 unspecified atom stereocenters. The van der Waals surface area contributed by atoms with Crippen LogP contribution in [-0.4, -0.2) is 99.8 Å². The first-order valence-electron chi connectivity index (χ1n) is 10.1. The number of carbonyl (C=O) groups is 3. The number of hydrogen-bond donors (Lipinski definition) is 8. The van der Waals surface area contributed by atoms with Gasteiger partial charge in [-0.15, -0.1) is 0 Å². The van der Waals surface area contributed by atoms with Crippen LogP contribution in [0.4, 0.5) is 9.59 Å². The Bertz CT molecular complexity index is 621. The Kier molecular flexibility index (Phi) is 18.0. The number of hydrogen-bond acceptors (Lipinski definition) is 14. The Morgan fingerprint density at radius 3 is 1.82 bits per heavy atom. The maximum absolute atomic E-state index is 11.7. The summed E-state index contributed by atoms with van der Waals surface area (Å²) < 4.78 is 9.66. The number of guanidine groups is 1. The predicted octanol–water partition coefficient (Wildman–Crippen LogP) is -0.429. The van der Waals surface area contributed by atoms with Crippen LogP contribution >= 0.6 is 0 Å². The smallest absolute Gasteiger partial charge is 0.413 e. The maximum atomic E-state index is 11.7. The second kappa shape index (κ2) is 19.6. The number of nitrogens with two attached hydrogens (primary N) is 1. The van der Waals surface area contributed by atoms with Crippen molar-refractivity contribution in [1.82, 2.24) is 21.4 Å². The van der Waals surface area contributed by atoms with E-state index in [1.165, 1.54) is 0 Å². The molecule has 0 aliphatic carbocycles. The minimum atomic E-state index is -1.27. The van der Waals surface area contributed by atoms with Gasteiger partial charge in [0.1, 0.15) is 6.04 Å². The van der Waals surface area contributed by atoms with Gasteiger partial charge in [-0.1, -0.05) is 0 Å². The number of aliphatic carboxylic acids is 1. The standard InChI is InChI=1S/C16H32N6O12/c17-14(20-16(26)32-9-2-4-11-34-22(29)30)18-7-5-6-12(13(23)24)19-15(25)31-8-1-3-10-33-21(27)28/h12,27-30H,1-11H2,(H,19,25)(H,23,24)(H3,17,18,20,26). The Labute approximate surface area is 194 Å². The Balaban J connectivity index is 4.02. The molecule has 34 heavy (non-hydrogen) atoms. The van der Waals surface area contributed by atoms with Crippen molar-refractivity contribution in [2.45, 2.75) is 44.6 Å². The molecule has 0 aliphatic heterocycles. The first-order valence-corrected chi connectivity index (χ1v) is 10.1. The zero-order valence-corrected chi connectivity index (χ0v) is 18.4. The number of carbonyl (C=O) groups excluding carboxylic acids is 2. The molecule has 198 valence electrons. The summed E-state index contributed by atoms with van der Waals surface area (Å²) in [4.78, 5) is 47.0. The fourth-order valence-corrected chi connectivity index (χ4v) is 2.15. The van der Waals surface area contributed by atoms with Crippen LogP contribution in [0.2, 0.25) is 0 Å². The van der Waals surface area contributed by atoms with E-state index < -0.39 is 35.0 Å². The first-order chi connectivity index (χ1) is 16.1. The Morgan fingerprint density at radius 2 is 1.32 bits per heavy atom. The van der Waals surface area contributed by atoms with Crippen molar-refractivity contribution < 1.29 is 59.5 Å². The third-order valence-electron chi connectivity index (χ3n) is 3.71. The molecule has 0 saturated carbocycles. The number of ether oxygens (including phenoxy) is 2. The number of amides is 2. The lowest BCUT2D eigenvalue weighted by Gasteiger charge is -2.14. The summed E-state index contributed by atoms with van der Waals surface area (Å²) >= 11 is 0. The molecule has 0 aliphatic rings. The molecule has 1 atom stereocenters. The van der Waals surface area contributed by atoms with E-state index in [-0.39, 0.29) is 51.8 Å². The van der Waals surface area contributed by atoms with Gasteiger partial charge in [0.25, 0.3) is 0 Å². The Morgan fingerprint density at radius 1 is 0.824 bits per heavy atom. The molecule has 0 aromatic carbocycles. The van der Waals surface area contributed by atoms with Crippen LogP contribution < -0.4 is 16.4 Å². The predicted molar refractivity (Wildman–Crippen MR) is 107 cm³/mol. The molecule has 18 nitrogen and oxygen atoms in total. The molecule has 2 amide bonds. The van der Waals surface area contributed by atoms with Crippen molar-refractivity contribution in [2.75, 3.05) is 33.0 Å². The Hall–Kier alpha value is -2.84. The summed E-state index contributed by atoms with van der Waals surface area (Å²) in [5, 5.41) is 46.0. The SMILES string of the molecule is NC(=NCCCC(NC(=O)OCCCCON(O)O)C(=O)O)NC(=O)OCCCCON(O)O. The second-order valence-corrected chi connectivity index (χ2v) is 6.43. The largest absolute Gasteiger partial charge is 0.480 e. The van der Waals surface area contributed by atoms with E-state index in [9.17, 15) is 19.5 Å². The minimum absolute atomic E-state index is 0.0106. The number of carboxylic acids is 1. The minimum Gasteiger partial charge on any atom is -0.480 e. The molecule has 0 aromatic heterocycles. The fourth-order valence-electron chi connectivity index (χ4n) is 2.15. The molecule has 0 aromatic rings. The van der Waals surface area contributed by atoms with E-state index >= 15 is 0 Å². The highest BCUT2D eigenvalue weighted by Gasteiger charge is 2.20. The lowest BCUT2D eigenvalue weighted by molar-refractivity contribution is -0.492. The number of nitrogens with one attached hydrogen (secondary N) is 2. The van der Waals surface area contributed by atoms with Gasteiger partial charge in [-0.3, -0.25) is 40.8 Å². The van der Waals surface area contributed by atoms with E-state index in [0.717, 1.165) is 0 Å². The van der Waals surface area contributed by atoms with Crippen LogP contribution in [0, 0.1) is 0 Å². The summed E-state index contributed by atoms with van der Waals surface area (Å²) in [5.41, 5.74) is 5.53. The van der Waals surface area contributed by atoms with Gasteiger partial charge in [-0.2, -0.15) is 0 Å². The van der Waals surface area contributed by atoms with Crippen LogP contribution in [0.3, 0.4) is 0 Å². The van der Waals surface area contributed by atoms with Gasteiger partial charge >= 0.3 is 18.2 Å². The van der Waals surface area contributed by atoms with Gasteiger partial charge in [0.2, 0.25) is 0 Å². The van der Waals surface area contributed by atoms with Gasteiger partial charge in [0.15, 0.2) is 5.96 Å². The lowest BCUT2D eigenvalue weighted by atomic mass is 10.1. The summed E-state index contributed by atoms with van der Waals surface area (Å²) in [5.74, 6) is -1.51. The van der Waals surface area contributed by atoms with E-state index in [4.69, 9.17) is 36.0 Å². The highest BCUT2D eigenvalue weighted by atomic mass is 17.1. The number of alkyl carbamates (subject to hydrolysis) is 2. The average molecular weight is 500 g/mol. The third-order valence-corrected chi connectivity index (χ3v) is 3.71. The van der Waals surface area contributed by atoms with Crippen molar-refractivity contribution in [3.05, 3.63) is 0 Å². The van der Waals surface area contributed by atoms with Gasteiger partial charge < -0.3 is 25.6 Å². The summed E-state index contributed by atoms with van der Waals surface area (Å²) in [6, 6.07) is -1.23. The lowest BCUT2D eigenvalue weighted by Crippen LogP contribution is -2.41. The van der Waals surface area contributed by atoms with Crippen LogP contribution in [0.5, 0.6) is 0 Å². The summed E-state index contributed by atoms with van der Waals surface area (Å²) in [6.45, 7) is 0.0568. The van der Waals surface area contributed by atoms with E-state index in [1.54, 1.807) is 0 Å². The molecule has 0 spiro atoms. The molecule has 0 rings (SSSR count). The molecule has 0 heterocycles. The highest BCUT2D eigenvalue weighted by molar-refractivity contribution is 5.92. The number of rotatable bonds is 18. The second-order valence-electron chi connectivity index (χ2n) is 6.43. The summed E-state index contributed by atoms with van der Waals surface area (Å²) in [7, 11) is 0. The molecular weight excluding hydrogens is 468 g/mol. The van der Waals surface area contributed by atoms with Crippen molar-refractivity contribution in [2.24, 2.45) is 10.7 Å². The molecule has 0 radical (unpaired) electrons. The van der Waals surface area contributed by atoms with E-state index in [2.05, 4.69) is 25.3 Å². The number of nitrogens with zero attached hydrogens (tertiary/aromatic N) is 3. The molecule has 0 fully saturated rings. The number of carboxylic acid groups (broad SMARTS) is 1. The average Bonchev–Trinajstić information content (AvgIpc) is 2.74. The van der Waals surface area contributed by atoms with Crippen molar-refractivity contribution in [3.63, 3.8) is 0 Å². The van der Waals surface area contributed by atoms with Gasteiger partial charge in [-0.05, 0) is 38.5 Å². The fraction of sp³-hybridized carbons (Fsp3) is 0.750. The van der Waals surface area contributed by atoms with E-state index in [1.807, 2.05) is 0 Å². The third kappa shape index (κ3) is 19.8. The maximum Gasteiger partial charge on any atom is 0.413 e. The van der Waals surface area contributed by atoms with Crippen LogP contribution in [-0.2, 0) is 23.9 Å². The zero-order chi connectivity index (χ0) is 25.8. The van der Waals surface area contributed by atoms with Crippen molar-refractivity contribution >= 4 is 24.1 Å². The van der Waals surface area contributed by atoms with E-state index in [0.29, 0.717) is 25.7 Å². The molecule has 0 bridgehead atoms. The molecule has 9 N–H and O–H groups in total. The molecule has 18 heteroatoms. The quantitative estimate of drug-likeness (QED) is 0.0514. The van der Waals surface area contributed by atoms with Crippen LogP contribution in [0.15, 0.2) is 4.99 Å². The zero-order valence-electron chi connectivity index (χ0n) is 18.4. The monoisotopic (exact) mass is 500 g/mol. The van der Waals surface area contributed by atoms with Gasteiger partial charge in [-0.25, -0.2) is 14.4 Å². The van der Waals surface area contributed by atoms with Crippen molar-refractivity contribution in [3.8, 4) is 0 Å². The van der Waals surface area contributed by atoms with Gasteiger partial charge in [0.05, 0.1) is 37.2 Å². The number of aliphatic imine (C=N–C) groups is 1. The van der Waals surface area contributed by atoms with Crippen molar-refractivity contribution in [1.29, 1.82) is 0 Å². The normalized spacial score (nSPS) is 12.5. The number of unbranched alkanes of at least 4 members (excludes halogenated alkanes) is 2. The highest BCUT2D eigenvalue weighted by Crippen LogP contribution is 2.00. The van der Waals surface area contributed by atoms with Gasteiger partial charge in [0, 0.05) is 6.54 Å². The molecular formula is C16H32N6O12. The van der Waals surface area contributed by atoms with Crippen LogP contribution in [0.25, 0.3) is 0 Å².